The quantitative estimate of drug-likeness (QED) is 0.0877. The molecule has 0 bridgehead atoms. The van der Waals surface area contributed by atoms with Crippen LogP contribution < -0.4 is 5.32 Å². The van der Waals surface area contributed by atoms with E-state index in [0.717, 1.165) is 11.1 Å². The van der Waals surface area contributed by atoms with E-state index in [-0.39, 0.29) is 26.4 Å². The van der Waals surface area contributed by atoms with Crippen LogP contribution in [0.5, 0.6) is 0 Å². The van der Waals surface area contributed by atoms with Crippen molar-refractivity contribution in [1.82, 2.24) is 5.32 Å². The third kappa shape index (κ3) is 14.4. The number of amides is 1. The van der Waals surface area contributed by atoms with Crippen LogP contribution in [-0.2, 0) is 93.5 Å². The van der Waals surface area contributed by atoms with Gasteiger partial charge in [-0.1, -0.05) is 121 Å². The first kappa shape index (κ1) is 47.3. The molecule has 18 nitrogen and oxygen atoms in total. The molecule has 2 aliphatic heterocycles. The number of hydrogen-bond acceptors (Lipinski definition) is 15. The first-order valence-corrected chi connectivity index (χ1v) is 22.2. The van der Waals surface area contributed by atoms with Crippen LogP contribution in [0, 0.1) is 0 Å². The van der Waals surface area contributed by atoms with Crippen molar-refractivity contribution in [2.45, 2.75) is 94.7 Å². The van der Waals surface area contributed by atoms with Gasteiger partial charge in [-0.3, -0.25) is 13.9 Å². The van der Waals surface area contributed by atoms with Crippen LogP contribution in [0.1, 0.15) is 29.2 Å². The maximum atomic E-state index is 13.1. The smallest absolute Gasteiger partial charge is 0.368 e. The van der Waals surface area contributed by atoms with E-state index in [1.54, 1.807) is 109 Å². The highest BCUT2D eigenvalue weighted by molar-refractivity contribution is 7.81. The maximum absolute atomic E-state index is 13.1. The molecule has 0 radical (unpaired) electrons. The number of ether oxygens (including phenoxy) is 7. The molecule has 10 atom stereocenters. The van der Waals surface area contributed by atoms with Gasteiger partial charge in [0.2, 0.25) is 5.91 Å². The molecule has 2 heterocycles. The molecule has 20 heteroatoms. The van der Waals surface area contributed by atoms with Gasteiger partial charge in [0, 0.05) is 6.92 Å². The number of nitrogens with one attached hydrogen (secondary N) is 1. The van der Waals surface area contributed by atoms with E-state index in [1.165, 1.54) is 6.92 Å². The van der Waals surface area contributed by atoms with Crippen molar-refractivity contribution >= 4 is 26.7 Å². The van der Waals surface area contributed by atoms with Crippen LogP contribution in [0.3, 0.4) is 0 Å². The van der Waals surface area contributed by atoms with Gasteiger partial charge in [0.05, 0.1) is 39.6 Å². The molecule has 0 spiro atoms. The summed E-state index contributed by atoms with van der Waals surface area (Å²) >= 11 is 0. The molecule has 0 saturated carbocycles. The number of hydrogen-bond donors (Lipinski definition) is 4. The summed E-state index contributed by atoms with van der Waals surface area (Å²) in [6.07, 6.45) is -13.0. The number of aliphatic hydroxyl groups excluding tert-OH is 1. The minimum absolute atomic E-state index is 0.0346. The summed E-state index contributed by atoms with van der Waals surface area (Å²) in [5, 5.41) is 14.4. The second kappa shape index (κ2) is 22.4. The molecule has 1 amide bonds. The fourth-order valence-electron chi connectivity index (χ4n) is 7.03. The summed E-state index contributed by atoms with van der Waals surface area (Å²) in [4.78, 5) is 13.1. The molecule has 2 fully saturated rings. The van der Waals surface area contributed by atoms with Crippen molar-refractivity contribution in [3.05, 3.63) is 144 Å². The van der Waals surface area contributed by atoms with Crippen LogP contribution in [0.15, 0.2) is 121 Å². The normalized spacial score (nSPS) is 26.8. The molecule has 4 aromatic carbocycles. The summed E-state index contributed by atoms with van der Waals surface area (Å²) in [6, 6.07) is 34.6. The van der Waals surface area contributed by atoms with Crippen molar-refractivity contribution in [3.8, 4) is 0 Å². The minimum atomic E-state index is -5.04. The Bertz CT molecular complexity index is 2190. The zero-order valence-electron chi connectivity index (χ0n) is 33.4. The van der Waals surface area contributed by atoms with E-state index in [0.29, 0.717) is 11.1 Å². The zero-order valence-corrected chi connectivity index (χ0v) is 35.1. The number of carbonyl (C=O) groups excluding carboxylic acids is 1. The summed E-state index contributed by atoms with van der Waals surface area (Å²) in [5.74, 6) is -0.560. The highest BCUT2D eigenvalue weighted by Crippen LogP contribution is 2.35. The zero-order chi connectivity index (χ0) is 44.1. The maximum Gasteiger partial charge on any atom is 0.397 e. The number of carbonyl (C=O) groups is 1. The van der Waals surface area contributed by atoms with Crippen LogP contribution in [0.2, 0.25) is 0 Å². The summed E-state index contributed by atoms with van der Waals surface area (Å²) in [5.41, 5.74) is 2.82. The Morgan fingerprint density at radius 2 is 0.903 bits per heavy atom. The van der Waals surface area contributed by atoms with Gasteiger partial charge < -0.3 is 43.6 Å². The standard InChI is InChI=1S/C42H49NO17S2/c1-28(44)43-35-38(54-24-31-18-10-4-11-19-31)36(52-22-29-14-6-2-7-15-29)34(27-57-62(49,50)51)59-42(35)60-39-37(53-23-30-16-8-3-9-17-30)33(26-56-61(46,47)48)58-41(45)40(39)55-25-32-20-12-5-13-21-32/h2-21,33-42,45H,22-27H2,1H3,(H,43,44)(H,46,47,48)(H,49,50,51)/t33-,34-,35-,36-,37+,38-,39+,40-,41-,42+/m1/s1. The molecule has 4 aromatic rings. The molecule has 336 valence electrons. The molecular weight excluding hydrogens is 855 g/mol. The van der Waals surface area contributed by atoms with Gasteiger partial charge in [-0.15, -0.1) is 0 Å². The lowest BCUT2D eigenvalue weighted by atomic mass is 9.94. The average molecular weight is 904 g/mol. The summed E-state index contributed by atoms with van der Waals surface area (Å²) in [6.45, 7) is -0.703. The molecule has 2 saturated heterocycles. The van der Waals surface area contributed by atoms with E-state index in [2.05, 4.69) is 5.32 Å². The van der Waals surface area contributed by atoms with Gasteiger partial charge in [0.1, 0.15) is 48.8 Å². The second-order valence-electron chi connectivity index (χ2n) is 14.4. The van der Waals surface area contributed by atoms with E-state index in [4.69, 9.17) is 41.5 Å². The molecule has 0 aliphatic carbocycles. The Kier molecular flexibility index (Phi) is 17.1. The highest BCUT2D eigenvalue weighted by atomic mass is 32.3. The first-order chi connectivity index (χ1) is 29.7. The lowest BCUT2D eigenvalue weighted by Crippen LogP contribution is -2.69. The van der Waals surface area contributed by atoms with Crippen molar-refractivity contribution in [3.63, 3.8) is 0 Å². The molecule has 2 aliphatic rings. The summed E-state index contributed by atoms with van der Waals surface area (Å²) in [7, 11) is -10.1. The Morgan fingerprint density at radius 1 is 0.548 bits per heavy atom. The molecule has 62 heavy (non-hydrogen) atoms. The molecule has 0 unspecified atom stereocenters. The average Bonchev–Trinajstić information content (AvgIpc) is 3.24. The Balaban J connectivity index is 1.42. The van der Waals surface area contributed by atoms with Gasteiger partial charge in [-0.25, -0.2) is 8.37 Å². The van der Waals surface area contributed by atoms with Crippen molar-refractivity contribution in [2.75, 3.05) is 13.2 Å². The van der Waals surface area contributed by atoms with Gasteiger partial charge in [-0.05, 0) is 22.3 Å². The fourth-order valence-corrected chi connectivity index (χ4v) is 7.64. The van der Waals surface area contributed by atoms with Crippen LogP contribution in [0.25, 0.3) is 0 Å². The predicted octanol–water partition coefficient (Wildman–Crippen LogP) is 3.30. The van der Waals surface area contributed by atoms with E-state index in [9.17, 15) is 35.8 Å². The first-order valence-electron chi connectivity index (χ1n) is 19.5. The minimum Gasteiger partial charge on any atom is -0.368 e. The molecular formula is C42H49NO17S2. The Hall–Kier alpha value is -4.23. The highest BCUT2D eigenvalue weighted by Gasteiger charge is 2.54. The molecule has 4 N–H and O–H groups in total. The van der Waals surface area contributed by atoms with Gasteiger partial charge in [-0.2, -0.15) is 16.8 Å². The fraction of sp³-hybridized carbons (Fsp3) is 0.405. The predicted molar refractivity (Wildman–Crippen MR) is 217 cm³/mol. The van der Waals surface area contributed by atoms with E-state index >= 15 is 0 Å². The monoisotopic (exact) mass is 903 g/mol. The third-order valence-electron chi connectivity index (χ3n) is 9.82. The topological polar surface area (TPSA) is 241 Å². The number of aliphatic hydroxyl groups is 1. The largest absolute Gasteiger partial charge is 0.397 e. The van der Waals surface area contributed by atoms with Gasteiger partial charge in [0.15, 0.2) is 12.6 Å². The van der Waals surface area contributed by atoms with Crippen molar-refractivity contribution < 1.29 is 77.4 Å². The lowest BCUT2D eigenvalue weighted by Gasteiger charge is -2.50. The Labute approximate surface area is 359 Å². The third-order valence-corrected chi connectivity index (χ3v) is 10.7. The lowest BCUT2D eigenvalue weighted by molar-refractivity contribution is -0.356. The second-order valence-corrected chi connectivity index (χ2v) is 16.6. The van der Waals surface area contributed by atoms with Crippen molar-refractivity contribution in [2.24, 2.45) is 0 Å². The van der Waals surface area contributed by atoms with Crippen molar-refractivity contribution in [1.29, 1.82) is 0 Å². The number of rotatable bonds is 21. The van der Waals surface area contributed by atoms with Crippen LogP contribution in [-0.4, -0.2) is 112 Å². The number of benzene rings is 4. The molecule has 6 rings (SSSR count). The van der Waals surface area contributed by atoms with Crippen LogP contribution >= 0.6 is 0 Å². The Morgan fingerprint density at radius 3 is 1.29 bits per heavy atom. The van der Waals surface area contributed by atoms with E-state index in [1.807, 2.05) is 12.1 Å². The van der Waals surface area contributed by atoms with Crippen LogP contribution in [0.4, 0.5) is 0 Å². The van der Waals surface area contributed by atoms with E-state index < -0.39 is 101 Å². The summed E-state index contributed by atoms with van der Waals surface area (Å²) < 4.78 is 121. The van der Waals surface area contributed by atoms with Gasteiger partial charge in [0.25, 0.3) is 0 Å². The molecule has 0 aromatic heterocycles. The SMILES string of the molecule is CC(=O)N[C@H]1[C@H](O[C@@H]2[C@@H](OCc3ccccc3)[C@H](O)O[C@H](COS(=O)(=O)O)[C@@H]2OCc2ccccc2)O[C@H](COS(=O)(=O)O)[C@@H](OCc2ccccc2)[C@@H]1OCc1ccccc1. The van der Waals surface area contributed by atoms with Gasteiger partial charge >= 0.3 is 20.8 Å².